The summed E-state index contributed by atoms with van der Waals surface area (Å²) in [5, 5.41) is 0. The summed E-state index contributed by atoms with van der Waals surface area (Å²) < 4.78 is 11.8. The zero-order chi connectivity index (χ0) is 22.4. The van der Waals surface area contributed by atoms with E-state index >= 15 is 0 Å². The molecule has 0 saturated carbocycles. The fourth-order valence-corrected chi connectivity index (χ4v) is 3.54. The van der Waals surface area contributed by atoms with Crippen LogP contribution in [0.2, 0.25) is 0 Å². The molecule has 4 nitrogen and oxygen atoms in total. The van der Waals surface area contributed by atoms with Crippen molar-refractivity contribution in [3.63, 3.8) is 0 Å². The van der Waals surface area contributed by atoms with Crippen LogP contribution in [-0.2, 0) is 13.0 Å². The monoisotopic (exact) mass is 432 g/mol. The van der Waals surface area contributed by atoms with E-state index in [0.29, 0.717) is 6.61 Å². The van der Waals surface area contributed by atoms with Crippen molar-refractivity contribution in [2.45, 2.75) is 71.8 Å². The molecule has 170 valence electrons. The van der Waals surface area contributed by atoms with E-state index < -0.39 is 0 Å². The molecule has 1 heterocycles. The summed E-state index contributed by atoms with van der Waals surface area (Å²) in [4.78, 5) is 8.96. The molecule has 4 heteroatoms. The van der Waals surface area contributed by atoms with Gasteiger partial charge < -0.3 is 9.47 Å². The van der Waals surface area contributed by atoms with E-state index in [9.17, 15) is 0 Å². The molecule has 1 aromatic heterocycles. The molecule has 0 N–H and O–H groups in total. The van der Waals surface area contributed by atoms with Crippen LogP contribution in [0.5, 0.6) is 11.5 Å². The van der Waals surface area contributed by atoms with Gasteiger partial charge in [0.15, 0.2) is 5.82 Å². The highest BCUT2D eigenvalue weighted by Gasteiger charge is 2.03. The molecule has 0 aliphatic carbocycles. The van der Waals surface area contributed by atoms with E-state index in [2.05, 4.69) is 35.9 Å². The van der Waals surface area contributed by atoms with Crippen molar-refractivity contribution in [1.29, 1.82) is 0 Å². The second-order valence-corrected chi connectivity index (χ2v) is 8.24. The Hall–Kier alpha value is -2.88. The predicted octanol–water partition coefficient (Wildman–Crippen LogP) is 7.41. The van der Waals surface area contributed by atoms with Gasteiger partial charge in [-0.2, -0.15) is 0 Å². The van der Waals surface area contributed by atoms with E-state index in [1.54, 1.807) is 0 Å². The van der Waals surface area contributed by atoms with Gasteiger partial charge in [0.2, 0.25) is 0 Å². The van der Waals surface area contributed by atoms with Crippen LogP contribution in [-0.4, -0.2) is 16.6 Å². The molecule has 0 amide bonds. The lowest BCUT2D eigenvalue weighted by Crippen LogP contribution is -1.99. The van der Waals surface area contributed by atoms with Gasteiger partial charge in [-0.05, 0) is 60.4 Å². The van der Waals surface area contributed by atoms with Crippen molar-refractivity contribution in [3.8, 4) is 22.9 Å². The Morgan fingerprint density at radius 1 is 0.625 bits per heavy atom. The maximum Gasteiger partial charge on any atom is 0.159 e. The van der Waals surface area contributed by atoms with Crippen LogP contribution >= 0.6 is 0 Å². The van der Waals surface area contributed by atoms with Crippen molar-refractivity contribution < 1.29 is 9.47 Å². The molecular weight excluding hydrogens is 396 g/mol. The van der Waals surface area contributed by atoms with Crippen LogP contribution in [0.15, 0.2) is 60.9 Å². The quantitative estimate of drug-likeness (QED) is 0.249. The molecular formula is C28H36N2O2. The van der Waals surface area contributed by atoms with Crippen molar-refractivity contribution in [1.82, 2.24) is 9.97 Å². The molecule has 0 spiro atoms. The summed E-state index contributed by atoms with van der Waals surface area (Å²) in [5.74, 6) is 2.50. The minimum atomic E-state index is 0.527. The molecule has 0 unspecified atom stereocenters. The molecule has 32 heavy (non-hydrogen) atoms. The first-order valence-electron chi connectivity index (χ1n) is 12.0. The van der Waals surface area contributed by atoms with Gasteiger partial charge in [-0.25, -0.2) is 9.97 Å². The number of nitrogens with zero attached hydrogens (tertiary/aromatic N) is 2. The van der Waals surface area contributed by atoms with Crippen molar-refractivity contribution in [2.75, 3.05) is 6.61 Å². The Morgan fingerprint density at radius 2 is 1.25 bits per heavy atom. The first-order chi connectivity index (χ1) is 15.8. The highest BCUT2D eigenvalue weighted by molar-refractivity contribution is 5.55. The van der Waals surface area contributed by atoms with E-state index in [4.69, 9.17) is 9.47 Å². The van der Waals surface area contributed by atoms with Crippen LogP contribution in [0.25, 0.3) is 11.4 Å². The molecule has 0 aliphatic rings. The van der Waals surface area contributed by atoms with Crippen LogP contribution < -0.4 is 9.47 Å². The molecule has 2 aromatic carbocycles. The summed E-state index contributed by atoms with van der Waals surface area (Å²) in [6, 6.07) is 16.1. The largest absolute Gasteiger partial charge is 0.494 e. The molecule has 0 radical (unpaired) electrons. The third-order valence-corrected chi connectivity index (χ3v) is 5.45. The van der Waals surface area contributed by atoms with E-state index in [1.807, 2.05) is 48.8 Å². The third kappa shape index (κ3) is 7.99. The minimum Gasteiger partial charge on any atom is -0.494 e. The van der Waals surface area contributed by atoms with Gasteiger partial charge in [0.05, 0.1) is 6.61 Å². The fourth-order valence-electron chi connectivity index (χ4n) is 3.54. The average molecular weight is 433 g/mol. The van der Waals surface area contributed by atoms with Crippen LogP contribution in [0, 0.1) is 0 Å². The number of hydrogen-bond acceptors (Lipinski definition) is 4. The molecule has 3 rings (SSSR count). The topological polar surface area (TPSA) is 44.2 Å². The number of benzene rings is 2. The van der Waals surface area contributed by atoms with Crippen molar-refractivity contribution >= 4 is 0 Å². The van der Waals surface area contributed by atoms with Gasteiger partial charge in [-0.3, -0.25) is 0 Å². The second kappa shape index (κ2) is 13.5. The Kier molecular flexibility index (Phi) is 10.0. The third-order valence-electron chi connectivity index (χ3n) is 5.45. The smallest absolute Gasteiger partial charge is 0.159 e. The molecule has 3 aromatic rings. The number of aryl methyl sites for hydroxylation is 1. The number of unbranched alkanes of at least 4 members (excludes halogenated alkanes) is 5. The van der Waals surface area contributed by atoms with Crippen LogP contribution in [0.3, 0.4) is 0 Å². The van der Waals surface area contributed by atoms with Gasteiger partial charge in [0.25, 0.3) is 0 Å². The maximum atomic E-state index is 5.94. The first-order valence-corrected chi connectivity index (χ1v) is 12.0. The lowest BCUT2D eigenvalue weighted by Gasteiger charge is -2.09. The zero-order valence-electron chi connectivity index (χ0n) is 19.6. The highest BCUT2D eigenvalue weighted by Crippen LogP contribution is 2.21. The predicted molar refractivity (Wildman–Crippen MR) is 131 cm³/mol. The Bertz CT molecular complexity index is 890. The Morgan fingerprint density at radius 3 is 1.94 bits per heavy atom. The summed E-state index contributed by atoms with van der Waals surface area (Å²) in [7, 11) is 0. The molecule has 0 bridgehead atoms. The average Bonchev–Trinajstić information content (AvgIpc) is 2.84. The Balaban J connectivity index is 1.40. The zero-order valence-corrected chi connectivity index (χ0v) is 19.6. The van der Waals surface area contributed by atoms with Crippen molar-refractivity contribution in [2.24, 2.45) is 0 Å². The fraction of sp³-hybridized carbons (Fsp3) is 0.429. The Labute approximate surface area is 193 Å². The number of hydrogen-bond donors (Lipinski definition) is 0. The summed E-state index contributed by atoms with van der Waals surface area (Å²) in [6.45, 7) is 5.72. The van der Waals surface area contributed by atoms with Gasteiger partial charge in [0.1, 0.15) is 18.1 Å². The second-order valence-electron chi connectivity index (χ2n) is 8.24. The van der Waals surface area contributed by atoms with Crippen LogP contribution in [0.1, 0.15) is 69.9 Å². The summed E-state index contributed by atoms with van der Waals surface area (Å²) in [6.07, 6.45) is 13.6. The van der Waals surface area contributed by atoms with Crippen LogP contribution in [0.4, 0.5) is 0 Å². The van der Waals surface area contributed by atoms with E-state index in [-0.39, 0.29) is 0 Å². The normalized spacial score (nSPS) is 10.8. The number of rotatable bonds is 14. The van der Waals surface area contributed by atoms with Gasteiger partial charge in [0, 0.05) is 18.0 Å². The molecule has 0 aliphatic heterocycles. The van der Waals surface area contributed by atoms with Gasteiger partial charge in [-0.1, -0.05) is 64.5 Å². The molecule has 0 fully saturated rings. The van der Waals surface area contributed by atoms with Crippen molar-refractivity contribution in [3.05, 3.63) is 72.1 Å². The van der Waals surface area contributed by atoms with Gasteiger partial charge in [-0.15, -0.1) is 0 Å². The first kappa shape index (κ1) is 23.8. The number of ether oxygens (including phenoxy) is 2. The highest BCUT2D eigenvalue weighted by atomic mass is 16.5. The molecule has 0 saturated heterocycles. The maximum absolute atomic E-state index is 5.94. The van der Waals surface area contributed by atoms with Gasteiger partial charge >= 0.3 is 0 Å². The lowest BCUT2D eigenvalue weighted by molar-refractivity contribution is 0.300. The standard InChI is InChI=1S/C28H36N2O2/c1-3-5-6-7-8-9-19-31-26-15-11-23(12-16-26)22-32-27-17-13-25(14-18-27)28-29-20-24(10-4-2)21-30-28/h11-18,20-21H,3-10,19,22H2,1-2H3. The molecule has 0 atom stereocenters. The SMILES string of the molecule is CCCCCCCCOc1ccc(COc2ccc(-c3ncc(CCC)cn3)cc2)cc1. The summed E-state index contributed by atoms with van der Waals surface area (Å²) in [5.41, 5.74) is 3.29. The summed E-state index contributed by atoms with van der Waals surface area (Å²) >= 11 is 0. The van der Waals surface area contributed by atoms with E-state index in [0.717, 1.165) is 54.3 Å². The number of aromatic nitrogens is 2. The van der Waals surface area contributed by atoms with E-state index in [1.165, 1.54) is 37.7 Å². The lowest BCUT2D eigenvalue weighted by atomic mass is 10.1. The minimum absolute atomic E-state index is 0.527.